The second kappa shape index (κ2) is 8.49. The van der Waals surface area contributed by atoms with Gasteiger partial charge in [-0.1, -0.05) is 37.8 Å². The van der Waals surface area contributed by atoms with Gasteiger partial charge in [0, 0.05) is 18.7 Å². The van der Waals surface area contributed by atoms with Gasteiger partial charge in [-0.25, -0.2) is 0 Å². The molecule has 0 atom stereocenters. The summed E-state index contributed by atoms with van der Waals surface area (Å²) in [5.41, 5.74) is 2.28. The van der Waals surface area contributed by atoms with Crippen molar-refractivity contribution in [3.05, 3.63) is 29.8 Å². The Morgan fingerprint density at radius 2 is 1.61 bits per heavy atom. The molecule has 0 aromatic heterocycles. The number of carbonyl (C=O) groups excluding carboxylic acids is 1. The maximum atomic E-state index is 12.2. The minimum atomic E-state index is 0.181. The van der Waals surface area contributed by atoms with Crippen LogP contribution in [-0.2, 0) is 11.3 Å². The molecule has 1 amide bonds. The molecule has 1 aliphatic carbocycles. The van der Waals surface area contributed by atoms with Gasteiger partial charge < -0.3 is 5.32 Å². The van der Waals surface area contributed by atoms with Gasteiger partial charge in [0.25, 0.3) is 0 Å². The highest BCUT2D eigenvalue weighted by molar-refractivity contribution is 5.90. The van der Waals surface area contributed by atoms with Gasteiger partial charge in [0.1, 0.15) is 0 Å². The molecule has 1 saturated heterocycles. The molecule has 23 heavy (non-hydrogen) atoms. The molecule has 1 saturated carbocycles. The van der Waals surface area contributed by atoms with Crippen molar-refractivity contribution in [1.82, 2.24) is 4.90 Å². The maximum absolute atomic E-state index is 12.2. The van der Waals surface area contributed by atoms with Crippen LogP contribution in [0, 0.1) is 5.92 Å². The van der Waals surface area contributed by atoms with Gasteiger partial charge in [-0.15, -0.1) is 0 Å². The van der Waals surface area contributed by atoms with E-state index >= 15 is 0 Å². The van der Waals surface area contributed by atoms with E-state index in [1.54, 1.807) is 0 Å². The molecule has 1 N–H and O–H groups in total. The quantitative estimate of drug-likeness (QED) is 0.862. The summed E-state index contributed by atoms with van der Waals surface area (Å²) in [5, 5.41) is 3.07. The van der Waals surface area contributed by atoms with Gasteiger partial charge in [0.15, 0.2) is 0 Å². The molecule has 0 radical (unpaired) electrons. The maximum Gasteiger partial charge on any atom is 0.224 e. The molecule has 1 aromatic rings. The Labute approximate surface area is 140 Å². The molecule has 3 nitrogen and oxygen atoms in total. The standard InChI is InChI=1S/C20H30N2O/c23-20(15-17-7-3-1-4-8-17)21-19-11-9-18(10-12-19)16-22-13-5-2-6-14-22/h9-12,17H,1-8,13-16H2,(H,21,23). The van der Waals surface area contributed by atoms with Crippen LogP contribution in [0.2, 0.25) is 0 Å². The molecule has 0 bridgehead atoms. The van der Waals surface area contributed by atoms with Gasteiger partial charge in [-0.05, 0) is 62.4 Å². The van der Waals surface area contributed by atoms with E-state index < -0.39 is 0 Å². The first-order chi connectivity index (χ1) is 11.3. The highest BCUT2D eigenvalue weighted by Gasteiger charge is 2.17. The van der Waals surface area contributed by atoms with Crippen LogP contribution in [0.25, 0.3) is 0 Å². The van der Waals surface area contributed by atoms with Crippen molar-refractivity contribution >= 4 is 11.6 Å². The summed E-state index contributed by atoms with van der Waals surface area (Å²) in [6.45, 7) is 3.48. The normalized spacial score (nSPS) is 20.3. The molecular formula is C20H30N2O. The van der Waals surface area contributed by atoms with Crippen LogP contribution in [0.4, 0.5) is 5.69 Å². The average Bonchev–Trinajstić information content (AvgIpc) is 2.58. The summed E-state index contributed by atoms with van der Waals surface area (Å²) < 4.78 is 0. The lowest BCUT2D eigenvalue weighted by Crippen LogP contribution is -2.29. The largest absolute Gasteiger partial charge is 0.326 e. The van der Waals surface area contributed by atoms with E-state index in [4.69, 9.17) is 0 Å². The van der Waals surface area contributed by atoms with Crippen molar-refractivity contribution in [3.8, 4) is 0 Å². The molecule has 3 rings (SSSR count). The highest BCUT2D eigenvalue weighted by Crippen LogP contribution is 2.26. The number of piperidine rings is 1. The van der Waals surface area contributed by atoms with Crippen LogP contribution < -0.4 is 5.32 Å². The second-order valence-corrected chi connectivity index (χ2v) is 7.29. The number of nitrogens with one attached hydrogen (secondary N) is 1. The lowest BCUT2D eigenvalue weighted by atomic mass is 9.87. The Balaban J connectivity index is 1.45. The van der Waals surface area contributed by atoms with Gasteiger partial charge >= 0.3 is 0 Å². The first-order valence-corrected chi connectivity index (χ1v) is 9.41. The van der Waals surface area contributed by atoms with Crippen LogP contribution in [0.15, 0.2) is 24.3 Å². The number of likely N-dealkylation sites (tertiary alicyclic amines) is 1. The smallest absolute Gasteiger partial charge is 0.224 e. The van der Waals surface area contributed by atoms with Gasteiger partial charge in [-0.2, -0.15) is 0 Å². The SMILES string of the molecule is O=C(CC1CCCCC1)Nc1ccc(CN2CCCCC2)cc1. The minimum Gasteiger partial charge on any atom is -0.326 e. The highest BCUT2D eigenvalue weighted by atomic mass is 16.1. The molecule has 3 heteroatoms. The summed E-state index contributed by atoms with van der Waals surface area (Å²) in [4.78, 5) is 14.7. The van der Waals surface area contributed by atoms with Crippen molar-refractivity contribution < 1.29 is 4.79 Å². The fraction of sp³-hybridized carbons (Fsp3) is 0.650. The van der Waals surface area contributed by atoms with E-state index in [2.05, 4.69) is 34.5 Å². The molecule has 2 aliphatic rings. The van der Waals surface area contributed by atoms with Crippen LogP contribution >= 0.6 is 0 Å². The number of hydrogen-bond acceptors (Lipinski definition) is 2. The first kappa shape index (κ1) is 16.5. The molecule has 126 valence electrons. The zero-order valence-corrected chi connectivity index (χ0v) is 14.2. The number of hydrogen-bond donors (Lipinski definition) is 1. The van der Waals surface area contributed by atoms with Gasteiger partial charge in [0.05, 0.1) is 0 Å². The van der Waals surface area contributed by atoms with Crippen LogP contribution in [0.1, 0.15) is 63.4 Å². The monoisotopic (exact) mass is 314 g/mol. The molecular weight excluding hydrogens is 284 g/mol. The predicted molar refractivity (Wildman–Crippen MR) is 95.4 cm³/mol. The lowest BCUT2D eigenvalue weighted by molar-refractivity contribution is -0.117. The fourth-order valence-electron chi connectivity index (χ4n) is 3.93. The predicted octanol–water partition coefficient (Wildman–Crippen LogP) is 4.58. The minimum absolute atomic E-state index is 0.181. The molecule has 1 heterocycles. The number of rotatable bonds is 5. The fourth-order valence-corrected chi connectivity index (χ4v) is 3.93. The zero-order valence-electron chi connectivity index (χ0n) is 14.2. The van der Waals surface area contributed by atoms with E-state index in [0.29, 0.717) is 12.3 Å². The molecule has 0 spiro atoms. The first-order valence-electron chi connectivity index (χ1n) is 9.41. The summed E-state index contributed by atoms with van der Waals surface area (Å²) in [6, 6.07) is 8.42. The molecule has 2 fully saturated rings. The van der Waals surface area contributed by atoms with Crippen molar-refractivity contribution in [2.24, 2.45) is 5.92 Å². The molecule has 1 aromatic carbocycles. The van der Waals surface area contributed by atoms with E-state index in [1.165, 1.54) is 70.0 Å². The second-order valence-electron chi connectivity index (χ2n) is 7.29. The Kier molecular flexibility index (Phi) is 6.09. The molecule has 1 aliphatic heterocycles. The number of nitrogens with zero attached hydrogens (tertiary/aromatic N) is 1. The number of anilines is 1. The van der Waals surface area contributed by atoms with Crippen molar-refractivity contribution in [1.29, 1.82) is 0 Å². The summed E-state index contributed by atoms with van der Waals surface area (Å²) in [5.74, 6) is 0.780. The summed E-state index contributed by atoms with van der Waals surface area (Å²) >= 11 is 0. The van der Waals surface area contributed by atoms with Gasteiger partial charge in [-0.3, -0.25) is 9.69 Å². The number of amides is 1. The Morgan fingerprint density at radius 1 is 0.957 bits per heavy atom. The zero-order chi connectivity index (χ0) is 15.9. The van der Waals surface area contributed by atoms with Gasteiger partial charge in [0.2, 0.25) is 5.91 Å². The Bertz CT molecular complexity index is 485. The third kappa shape index (κ3) is 5.35. The number of carbonyl (C=O) groups is 1. The van der Waals surface area contributed by atoms with Crippen molar-refractivity contribution in [3.63, 3.8) is 0 Å². The van der Waals surface area contributed by atoms with Crippen molar-refractivity contribution in [2.45, 2.75) is 64.3 Å². The summed E-state index contributed by atoms with van der Waals surface area (Å²) in [7, 11) is 0. The third-order valence-electron chi connectivity index (χ3n) is 5.29. The van der Waals surface area contributed by atoms with E-state index in [0.717, 1.165) is 12.2 Å². The average molecular weight is 314 g/mol. The van der Waals surface area contributed by atoms with Crippen LogP contribution in [0.3, 0.4) is 0 Å². The van der Waals surface area contributed by atoms with Crippen LogP contribution in [0.5, 0.6) is 0 Å². The number of benzene rings is 1. The lowest BCUT2D eigenvalue weighted by Gasteiger charge is -2.26. The van der Waals surface area contributed by atoms with E-state index in [1.807, 2.05) is 0 Å². The molecule has 0 unspecified atom stereocenters. The Morgan fingerprint density at radius 3 is 2.30 bits per heavy atom. The van der Waals surface area contributed by atoms with Crippen molar-refractivity contribution in [2.75, 3.05) is 18.4 Å². The third-order valence-corrected chi connectivity index (χ3v) is 5.29. The topological polar surface area (TPSA) is 32.3 Å². The van der Waals surface area contributed by atoms with E-state index in [-0.39, 0.29) is 5.91 Å². The summed E-state index contributed by atoms with van der Waals surface area (Å²) in [6.07, 6.45) is 11.1. The van der Waals surface area contributed by atoms with E-state index in [9.17, 15) is 4.79 Å². The van der Waals surface area contributed by atoms with Crippen LogP contribution in [-0.4, -0.2) is 23.9 Å². The Hall–Kier alpha value is -1.35.